The van der Waals surface area contributed by atoms with E-state index in [9.17, 15) is 4.79 Å². The van der Waals surface area contributed by atoms with Crippen LogP contribution in [0.25, 0.3) is 0 Å². The lowest BCUT2D eigenvalue weighted by molar-refractivity contribution is -0.146. The van der Waals surface area contributed by atoms with Crippen molar-refractivity contribution in [1.82, 2.24) is 4.90 Å². The second-order valence-corrected chi connectivity index (χ2v) is 5.65. The van der Waals surface area contributed by atoms with Crippen molar-refractivity contribution in [2.45, 2.75) is 52.0 Å². The fourth-order valence-electron chi connectivity index (χ4n) is 3.43. The Morgan fingerprint density at radius 2 is 1.93 bits per heavy atom. The molecule has 2 rings (SSSR count). The van der Waals surface area contributed by atoms with E-state index in [1.165, 1.54) is 25.7 Å². The van der Waals surface area contributed by atoms with E-state index in [1.54, 1.807) is 0 Å². The van der Waals surface area contributed by atoms with E-state index >= 15 is 0 Å². The van der Waals surface area contributed by atoms with Crippen LogP contribution in [0.3, 0.4) is 0 Å². The molecule has 0 aromatic carbocycles. The molecule has 2 fully saturated rings. The van der Waals surface area contributed by atoms with E-state index in [0.717, 1.165) is 6.42 Å². The molecule has 0 bridgehead atoms. The van der Waals surface area contributed by atoms with Gasteiger partial charge in [-0.05, 0) is 31.1 Å². The average molecular weight is 209 g/mol. The van der Waals surface area contributed by atoms with Crippen molar-refractivity contribution in [2.75, 3.05) is 7.05 Å². The van der Waals surface area contributed by atoms with Crippen molar-refractivity contribution < 1.29 is 4.79 Å². The molecule has 0 spiro atoms. The van der Waals surface area contributed by atoms with Crippen LogP contribution in [-0.4, -0.2) is 23.9 Å². The van der Waals surface area contributed by atoms with Crippen molar-refractivity contribution in [3.8, 4) is 0 Å². The zero-order valence-corrected chi connectivity index (χ0v) is 10.2. The molecular formula is C13H23NO. The summed E-state index contributed by atoms with van der Waals surface area (Å²) in [4.78, 5) is 14.2. The maximum Gasteiger partial charge on any atom is 0.225 e. The third kappa shape index (κ3) is 1.91. The number of carbonyl (C=O) groups is 1. The molecule has 0 radical (unpaired) electrons. The number of likely N-dealkylation sites (tertiary alicyclic amines) is 1. The minimum absolute atomic E-state index is 0.360. The number of nitrogens with zero attached hydrogens (tertiary/aromatic N) is 1. The van der Waals surface area contributed by atoms with Crippen molar-refractivity contribution in [1.29, 1.82) is 0 Å². The highest BCUT2D eigenvalue weighted by Gasteiger charge is 2.41. The highest BCUT2D eigenvalue weighted by atomic mass is 16.2. The van der Waals surface area contributed by atoms with Gasteiger partial charge in [0, 0.05) is 19.0 Å². The smallest absolute Gasteiger partial charge is 0.225 e. The highest BCUT2D eigenvalue weighted by molar-refractivity contribution is 5.80. The Kier molecular flexibility index (Phi) is 3.03. The van der Waals surface area contributed by atoms with Crippen molar-refractivity contribution in [2.24, 2.45) is 17.8 Å². The first-order chi connectivity index (χ1) is 7.11. The normalized spacial score (nSPS) is 36.9. The van der Waals surface area contributed by atoms with Gasteiger partial charge in [0.15, 0.2) is 0 Å². The minimum atomic E-state index is 0.360. The van der Waals surface area contributed by atoms with Crippen LogP contribution in [0, 0.1) is 17.8 Å². The predicted octanol–water partition coefficient (Wildman–Crippen LogP) is 2.68. The van der Waals surface area contributed by atoms with E-state index in [0.29, 0.717) is 29.7 Å². The quantitative estimate of drug-likeness (QED) is 0.650. The first kappa shape index (κ1) is 11.0. The van der Waals surface area contributed by atoms with Crippen LogP contribution in [0.4, 0.5) is 0 Å². The molecule has 0 aromatic rings. The largest absolute Gasteiger partial charge is 0.342 e. The summed E-state index contributed by atoms with van der Waals surface area (Å²) >= 11 is 0. The molecule has 1 saturated carbocycles. The van der Waals surface area contributed by atoms with Crippen LogP contribution in [0.2, 0.25) is 0 Å². The molecule has 3 unspecified atom stereocenters. The Hall–Kier alpha value is -0.530. The van der Waals surface area contributed by atoms with Crippen LogP contribution < -0.4 is 0 Å². The monoisotopic (exact) mass is 209 g/mol. The lowest BCUT2D eigenvalue weighted by Crippen LogP contribution is -2.52. The van der Waals surface area contributed by atoms with Gasteiger partial charge in [0.25, 0.3) is 0 Å². The zero-order valence-electron chi connectivity index (χ0n) is 10.2. The van der Waals surface area contributed by atoms with Crippen molar-refractivity contribution in [3.63, 3.8) is 0 Å². The van der Waals surface area contributed by atoms with Gasteiger partial charge in [0.05, 0.1) is 0 Å². The SMILES string of the molecule is CC(C)C1CC2CCCCC2C(=O)N1C. The second-order valence-electron chi connectivity index (χ2n) is 5.65. The summed E-state index contributed by atoms with van der Waals surface area (Å²) in [6.07, 6.45) is 6.26. The van der Waals surface area contributed by atoms with E-state index in [-0.39, 0.29) is 0 Å². The van der Waals surface area contributed by atoms with Gasteiger partial charge < -0.3 is 4.90 Å². The lowest BCUT2D eigenvalue weighted by atomic mass is 9.71. The summed E-state index contributed by atoms with van der Waals surface area (Å²) < 4.78 is 0. The minimum Gasteiger partial charge on any atom is -0.342 e. The van der Waals surface area contributed by atoms with Crippen molar-refractivity contribution >= 4 is 5.91 Å². The first-order valence-electron chi connectivity index (χ1n) is 6.38. The number of hydrogen-bond donors (Lipinski definition) is 0. The summed E-state index contributed by atoms with van der Waals surface area (Å²) in [5.74, 6) is 2.07. The standard InChI is InChI=1S/C13H23NO/c1-9(2)12-8-10-6-4-5-7-11(10)13(15)14(12)3/h9-12H,4-8H2,1-3H3. The molecule has 1 amide bonds. The van der Waals surface area contributed by atoms with Gasteiger partial charge in [0.1, 0.15) is 0 Å². The van der Waals surface area contributed by atoms with E-state index in [2.05, 4.69) is 13.8 Å². The van der Waals surface area contributed by atoms with Crippen LogP contribution >= 0.6 is 0 Å². The molecule has 1 aliphatic carbocycles. The van der Waals surface area contributed by atoms with E-state index in [1.807, 2.05) is 11.9 Å². The van der Waals surface area contributed by atoms with Crippen LogP contribution in [0.15, 0.2) is 0 Å². The Labute approximate surface area is 93.0 Å². The molecule has 86 valence electrons. The Morgan fingerprint density at radius 1 is 1.27 bits per heavy atom. The first-order valence-corrected chi connectivity index (χ1v) is 6.38. The second kappa shape index (κ2) is 4.15. The fraction of sp³-hybridized carbons (Fsp3) is 0.923. The number of hydrogen-bond acceptors (Lipinski definition) is 1. The summed E-state index contributed by atoms with van der Waals surface area (Å²) in [5, 5.41) is 0. The number of piperidine rings is 1. The van der Waals surface area contributed by atoms with Crippen LogP contribution in [-0.2, 0) is 4.79 Å². The van der Waals surface area contributed by atoms with Gasteiger partial charge in [-0.2, -0.15) is 0 Å². The van der Waals surface area contributed by atoms with Crippen LogP contribution in [0.5, 0.6) is 0 Å². The average Bonchev–Trinajstić information content (AvgIpc) is 2.23. The third-order valence-corrected chi connectivity index (χ3v) is 4.39. The molecule has 3 atom stereocenters. The maximum absolute atomic E-state index is 12.2. The molecule has 0 N–H and O–H groups in total. The summed E-state index contributed by atoms with van der Waals surface area (Å²) in [7, 11) is 2.00. The molecule has 0 aromatic heterocycles. The molecular weight excluding hydrogens is 186 g/mol. The Bertz CT molecular complexity index is 249. The third-order valence-electron chi connectivity index (χ3n) is 4.39. The topological polar surface area (TPSA) is 20.3 Å². The molecule has 1 aliphatic heterocycles. The van der Waals surface area contributed by atoms with E-state index < -0.39 is 0 Å². The molecule has 2 aliphatic rings. The molecule has 2 nitrogen and oxygen atoms in total. The number of carbonyl (C=O) groups excluding carboxylic acids is 1. The van der Waals surface area contributed by atoms with Gasteiger partial charge in [-0.3, -0.25) is 4.79 Å². The van der Waals surface area contributed by atoms with Gasteiger partial charge in [-0.25, -0.2) is 0 Å². The molecule has 1 heterocycles. The molecule has 2 heteroatoms. The van der Waals surface area contributed by atoms with Gasteiger partial charge in [-0.1, -0.05) is 26.7 Å². The van der Waals surface area contributed by atoms with Gasteiger partial charge >= 0.3 is 0 Å². The predicted molar refractivity (Wildman–Crippen MR) is 61.5 cm³/mol. The Morgan fingerprint density at radius 3 is 2.60 bits per heavy atom. The fourth-order valence-corrected chi connectivity index (χ4v) is 3.43. The van der Waals surface area contributed by atoms with E-state index in [4.69, 9.17) is 0 Å². The number of rotatable bonds is 1. The molecule has 15 heavy (non-hydrogen) atoms. The van der Waals surface area contributed by atoms with Crippen molar-refractivity contribution in [3.05, 3.63) is 0 Å². The summed E-state index contributed by atoms with van der Waals surface area (Å²) in [6, 6.07) is 0.483. The summed E-state index contributed by atoms with van der Waals surface area (Å²) in [6.45, 7) is 4.47. The Balaban J connectivity index is 2.13. The summed E-state index contributed by atoms with van der Waals surface area (Å²) in [5.41, 5.74) is 0. The lowest BCUT2D eigenvalue weighted by Gasteiger charge is -2.45. The number of fused-ring (bicyclic) bond motifs is 1. The zero-order chi connectivity index (χ0) is 11.0. The van der Waals surface area contributed by atoms with Gasteiger partial charge in [0.2, 0.25) is 5.91 Å². The number of amides is 1. The van der Waals surface area contributed by atoms with Gasteiger partial charge in [-0.15, -0.1) is 0 Å². The molecule has 1 saturated heterocycles. The maximum atomic E-state index is 12.2. The highest BCUT2D eigenvalue weighted by Crippen LogP contribution is 2.40. The van der Waals surface area contributed by atoms with Crippen LogP contribution in [0.1, 0.15) is 46.0 Å².